The minimum atomic E-state index is 0.237. The Labute approximate surface area is 115 Å². The summed E-state index contributed by atoms with van der Waals surface area (Å²) in [6.45, 7) is 8.61. The van der Waals surface area contributed by atoms with E-state index in [0.29, 0.717) is 0 Å². The summed E-state index contributed by atoms with van der Waals surface area (Å²) in [7, 11) is 0. The van der Waals surface area contributed by atoms with Crippen molar-refractivity contribution in [1.29, 1.82) is 0 Å². The van der Waals surface area contributed by atoms with Gasteiger partial charge in [0.15, 0.2) is 0 Å². The molecule has 1 saturated heterocycles. The Morgan fingerprint density at radius 2 is 1.05 bits per heavy atom. The summed E-state index contributed by atoms with van der Waals surface area (Å²) < 4.78 is 5.88. The molecule has 98 valence electrons. The first-order chi connectivity index (χ1) is 9.06. The van der Waals surface area contributed by atoms with Crippen molar-refractivity contribution in [2.24, 2.45) is 0 Å². The molecule has 1 fully saturated rings. The van der Waals surface area contributed by atoms with Crippen LogP contribution >= 0.6 is 0 Å². The van der Waals surface area contributed by atoms with E-state index in [-0.39, 0.29) is 12.2 Å². The standard InChI is InChI=1S/C18H20O/c1-11-5-7-15(9-13(11)3)17-18(19-17)16-8-6-12(2)14(4)10-16/h5-10,17-18H,1-4H3/t17-,18+. The normalized spacial score (nSPS) is 21.5. The van der Waals surface area contributed by atoms with Gasteiger partial charge in [-0.15, -0.1) is 0 Å². The molecule has 2 aromatic rings. The van der Waals surface area contributed by atoms with Crippen LogP contribution in [0.4, 0.5) is 0 Å². The zero-order valence-electron chi connectivity index (χ0n) is 12.0. The van der Waals surface area contributed by atoms with Crippen molar-refractivity contribution < 1.29 is 4.74 Å². The summed E-state index contributed by atoms with van der Waals surface area (Å²) in [5.74, 6) is 0. The Morgan fingerprint density at radius 1 is 0.632 bits per heavy atom. The Kier molecular flexibility index (Phi) is 2.94. The van der Waals surface area contributed by atoms with E-state index in [1.54, 1.807) is 0 Å². The average molecular weight is 252 g/mol. The number of hydrogen-bond acceptors (Lipinski definition) is 1. The summed E-state index contributed by atoms with van der Waals surface area (Å²) >= 11 is 0. The van der Waals surface area contributed by atoms with Gasteiger partial charge in [0.2, 0.25) is 0 Å². The first-order valence-corrected chi connectivity index (χ1v) is 6.86. The Morgan fingerprint density at radius 3 is 1.42 bits per heavy atom. The van der Waals surface area contributed by atoms with E-state index in [9.17, 15) is 0 Å². The molecule has 3 rings (SSSR count). The Hall–Kier alpha value is -1.60. The van der Waals surface area contributed by atoms with E-state index in [4.69, 9.17) is 4.74 Å². The van der Waals surface area contributed by atoms with Gasteiger partial charge in [0.1, 0.15) is 12.2 Å². The lowest BCUT2D eigenvalue weighted by Crippen LogP contribution is -1.89. The second-order valence-corrected chi connectivity index (χ2v) is 5.66. The van der Waals surface area contributed by atoms with Crippen LogP contribution in [0, 0.1) is 27.7 Å². The Balaban J connectivity index is 1.83. The molecule has 1 heteroatoms. The fourth-order valence-electron chi connectivity index (χ4n) is 2.50. The summed E-state index contributed by atoms with van der Waals surface area (Å²) in [6.07, 6.45) is 0.475. The number of hydrogen-bond donors (Lipinski definition) is 0. The highest BCUT2D eigenvalue weighted by Crippen LogP contribution is 2.51. The topological polar surface area (TPSA) is 12.5 Å². The van der Waals surface area contributed by atoms with E-state index >= 15 is 0 Å². The highest BCUT2D eigenvalue weighted by Gasteiger charge is 2.41. The van der Waals surface area contributed by atoms with Crippen molar-refractivity contribution in [3.63, 3.8) is 0 Å². The molecule has 0 amide bonds. The number of rotatable bonds is 2. The van der Waals surface area contributed by atoms with Crippen LogP contribution in [-0.4, -0.2) is 0 Å². The van der Waals surface area contributed by atoms with Gasteiger partial charge in [0.25, 0.3) is 0 Å². The lowest BCUT2D eigenvalue weighted by atomic mass is 9.98. The first-order valence-electron chi connectivity index (χ1n) is 6.86. The smallest absolute Gasteiger partial charge is 0.114 e. The quantitative estimate of drug-likeness (QED) is 0.704. The van der Waals surface area contributed by atoms with Crippen LogP contribution in [0.25, 0.3) is 0 Å². The molecule has 0 aliphatic carbocycles. The van der Waals surface area contributed by atoms with Crippen LogP contribution in [0.5, 0.6) is 0 Å². The van der Waals surface area contributed by atoms with Crippen LogP contribution in [-0.2, 0) is 4.74 Å². The molecule has 1 heterocycles. The van der Waals surface area contributed by atoms with Crippen molar-refractivity contribution in [3.8, 4) is 0 Å². The molecule has 0 aromatic heterocycles. The molecule has 1 aliphatic rings. The second kappa shape index (κ2) is 4.50. The lowest BCUT2D eigenvalue weighted by Gasteiger charge is -2.04. The predicted molar refractivity (Wildman–Crippen MR) is 78.4 cm³/mol. The third kappa shape index (κ3) is 2.31. The fraction of sp³-hybridized carbons (Fsp3) is 0.333. The maximum atomic E-state index is 5.88. The van der Waals surface area contributed by atoms with Gasteiger partial charge < -0.3 is 4.74 Å². The van der Waals surface area contributed by atoms with E-state index in [1.165, 1.54) is 33.4 Å². The number of aryl methyl sites for hydroxylation is 4. The number of benzene rings is 2. The summed E-state index contributed by atoms with van der Waals surface area (Å²) in [5, 5.41) is 0. The third-order valence-electron chi connectivity index (χ3n) is 4.21. The molecule has 19 heavy (non-hydrogen) atoms. The highest BCUT2D eigenvalue weighted by molar-refractivity contribution is 5.38. The monoisotopic (exact) mass is 252 g/mol. The van der Waals surface area contributed by atoms with Gasteiger partial charge in [-0.3, -0.25) is 0 Å². The van der Waals surface area contributed by atoms with Crippen LogP contribution < -0.4 is 0 Å². The summed E-state index contributed by atoms with van der Waals surface area (Å²) in [6, 6.07) is 13.2. The molecule has 0 spiro atoms. The van der Waals surface area contributed by atoms with Gasteiger partial charge in [-0.1, -0.05) is 36.4 Å². The van der Waals surface area contributed by atoms with Crippen molar-refractivity contribution in [2.75, 3.05) is 0 Å². The molecule has 2 atom stereocenters. The predicted octanol–water partition coefficient (Wildman–Crippen LogP) is 4.73. The van der Waals surface area contributed by atoms with Crippen molar-refractivity contribution in [1.82, 2.24) is 0 Å². The maximum Gasteiger partial charge on any atom is 0.114 e. The molecule has 0 radical (unpaired) electrons. The molecule has 1 aliphatic heterocycles. The molecule has 2 aromatic carbocycles. The third-order valence-corrected chi connectivity index (χ3v) is 4.21. The molecule has 1 nitrogen and oxygen atoms in total. The van der Waals surface area contributed by atoms with E-state index in [0.717, 1.165) is 0 Å². The molecular weight excluding hydrogens is 232 g/mol. The zero-order valence-corrected chi connectivity index (χ0v) is 12.0. The summed E-state index contributed by atoms with van der Waals surface area (Å²) in [5.41, 5.74) is 7.95. The van der Waals surface area contributed by atoms with Gasteiger partial charge in [-0.05, 0) is 61.1 Å². The van der Waals surface area contributed by atoms with Gasteiger partial charge in [-0.25, -0.2) is 0 Å². The van der Waals surface area contributed by atoms with Crippen molar-refractivity contribution in [2.45, 2.75) is 39.9 Å². The fourth-order valence-corrected chi connectivity index (χ4v) is 2.50. The number of epoxide rings is 1. The first kappa shape index (κ1) is 12.4. The average Bonchev–Trinajstić information content (AvgIpc) is 3.16. The zero-order chi connectivity index (χ0) is 13.6. The largest absolute Gasteiger partial charge is 0.359 e. The van der Waals surface area contributed by atoms with Crippen molar-refractivity contribution >= 4 is 0 Å². The number of ether oxygens (including phenoxy) is 1. The molecule has 0 saturated carbocycles. The van der Waals surface area contributed by atoms with Crippen molar-refractivity contribution in [3.05, 3.63) is 69.8 Å². The van der Waals surface area contributed by atoms with E-state index in [2.05, 4.69) is 64.1 Å². The molecule has 0 bridgehead atoms. The molecular formula is C18H20O. The SMILES string of the molecule is Cc1ccc([C@H]2O[C@H]2c2ccc(C)c(C)c2)cc1C. The maximum absolute atomic E-state index is 5.88. The highest BCUT2D eigenvalue weighted by atomic mass is 16.6. The molecule has 0 N–H and O–H groups in total. The summed E-state index contributed by atoms with van der Waals surface area (Å²) in [4.78, 5) is 0. The van der Waals surface area contributed by atoms with Crippen LogP contribution in [0.3, 0.4) is 0 Å². The Bertz CT molecular complexity index is 572. The molecule has 0 unspecified atom stereocenters. The van der Waals surface area contributed by atoms with Gasteiger partial charge in [0.05, 0.1) is 0 Å². The van der Waals surface area contributed by atoms with Gasteiger partial charge in [-0.2, -0.15) is 0 Å². The van der Waals surface area contributed by atoms with Gasteiger partial charge >= 0.3 is 0 Å². The van der Waals surface area contributed by atoms with Crippen LogP contribution in [0.2, 0.25) is 0 Å². The van der Waals surface area contributed by atoms with Crippen LogP contribution in [0.15, 0.2) is 36.4 Å². The van der Waals surface area contributed by atoms with Gasteiger partial charge in [0, 0.05) is 0 Å². The second-order valence-electron chi connectivity index (χ2n) is 5.66. The lowest BCUT2D eigenvalue weighted by molar-refractivity contribution is 0.377. The minimum Gasteiger partial charge on any atom is -0.359 e. The van der Waals surface area contributed by atoms with E-state index in [1.807, 2.05) is 0 Å². The minimum absolute atomic E-state index is 0.237. The van der Waals surface area contributed by atoms with Crippen LogP contribution in [0.1, 0.15) is 45.6 Å². The van der Waals surface area contributed by atoms with E-state index < -0.39 is 0 Å².